The van der Waals surface area contributed by atoms with Crippen LogP contribution in [-0.2, 0) is 0 Å². The van der Waals surface area contributed by atoms with Crippen LogP contribution in [0, 0.1) is 0 Å². The van der Waals surface area contributed by atoms with E-state index in [0.29, 0.717) is 5.02 Å². The Bertz CT molecular complexity index is 689. The molecule has 0 unspecified atom stereocenters. The Kier molecular flexibility index (Phi) is 2.01. The molecule has 0 amide bonds. The summed E-state index contributed by atoms with van der Waals surface area (Å²) in [4.78, 5) is 0. The first-order valence-electron chi connectivity index (χ1n) is 5.06. The molecule has 0 aromatic heterocycles. The molecule has 3 aromatic rings. The van der Waals surface area contributed by atoms with Crippen LogP contribution in [-0.4, -0.2) is 5.11 Å². The Morgan fingerprint density at radius 3 is 2.50 bits per heavy atom. The molecule has 1 N–H and O–H groups in total. The largest absolute Gasteiger partial charge is 0.507 e. The van der Waals surface area contributed by atoms with Crippen molar-refractivity contribution < 1.29 is 5.11 Å². The molecule has 1 nitrogen and oxygen atoms in total. The van der Waals surface area contributed by atoms with Gasteiger partial charge in [-0.05, 0) is 34.4 Å². The van der Waals surface area contributed by atoms with Crippen molar-refractivity contribution in [1.29, 1.82) is 0 Å². The van der Waals surface area contributed by atoms with E-state index in [2.05, 4.69) is 0 Å². The van der Waals surface area contributed by atoms with Gasteiger partial charge in [-0.25, -0.2) is 0 Å². The van der Waals surface area contributed by atoms with Crippen molar-refractivity contribution >= 4 is 33.1 Å². The monoisotopic (exact) mass is 228 g/mol. The standard InChI is InChI=1S/C14H9ClO/c15-10-5-6-12-11-4-2-1-3-9(11)7-14(16)13(12)8-10/h1-8,16H. The fraction of sp³-hybridized carbons (Fsp3) is 0. The fourth-order valence-corrected chi connectivity index (χ4v) is 2.23. The highest BCUT2D eigenvalue weighted by Crippen LogP contribution is 2.33. The van der Waals surface area contributed by atoms with Crippen molar-refractivity contribution in [3.8, 4) is 5.75 Å². The molecule has 0 atom stereocenters. The minimum Gasteiger partial charge on any atom is -0.507 e. The quantitative estimate of drug-likeness (QED) is 0.567. The number of fused-ring (bicyclic) bond motifs is 3. The van der Waals surface area contributed by atoms with Gasteiger partial charge in [-0.15, -0.1) is 0 Å². The number of halogens is 1. The van der Waals surface area contributed by atoms with E-state index in [9.17, 15) is 5.11 Å². The first kappa shape index (κ1) is 9.49. The van der Waals surface area contributed by atoms with Crippen molar-refractivity contribution in [2.45, 2.75) is 0 Å². The second kappa shape index (κ2) is 3.39. The minimum atomic E-state index is 0.274. The van der Waals surface area contributed by atoms with Crippen LogP contribution in [0.3, 0.4) is 0 Å². The predicted molar refractivity (Wildman–Crippen MR) is 68.1 cm³/mol. The highest BCUT2D eigenvalue weighted by molar-refractivity contribution is 6.31. The summed E-state index contributed by atoms with van der Waals surface area (Å²) in [6.45, 7) is 0. The van der Waals surface area contributed by atoms with Gasteiger partial charge in [0.05, 0.1) is 0 Å². The van der Waals surface area contributed by atoms with Gasteiger partial charge in [0.2, 0.25) is 0 Å². The van der Waals surface area contributed by atoms with E-state index in [4.69, 9.17) is 11.6 Å². The van der Waals surface area contributed by atoms with Gasteiger partial charge < -0.3 is 5.11 Å². The van der Waals surface area contributed by atoms with E-state index in [1.165, 1.54) is 0 Å². The van der Waals surface area contributed by atoms with Gasteiger partial charge >= 0.3 is 0 Å². The second-order valence-electron chi connectivity index (χ2n) is 3.81. The van der Waals surface area contributed by atoms with Crippen molar-refractivity contribution in [3.63, 3.8) is 0 Å². The molecule has 0 aliphatic heterocycles. The maximum atomic E-state index is 9.94. The molecule has 3 rings (SSSR count). The molecule has 0 bridgehead atoms. The van der Waals surface area contributed by atoms with Gasteiger partial charge in [-0.1, -0.05) is 41.9 Å². The number of phenolic OH excluding ortho intramolecular Hbond substituents is 1. The van der Waals surface area contributed by atoms with E-state index in [-0.39, 0.29) is 5.75 Å². The molecule has 3 aromatic carbocycles. The van der Waals surface area contributed by atoms with Crippen molar-refractivity contribution in [3.05, 3.63) is 53.6 Å². The van der Waals surface area contributed by atoms with E-state index in [0.717, 1.165) is 21.5 Å². The third-order valence-electron chi connectivity index (χ3n) is 2.80. The summed E-state index contributed by atoms with van der Waals surface area (Å²) in [5.74, 6) is 0.274. The van der Waals surface area contributed by atoms with Crippen LogP contribution in [0.2, 0.25) is 5.02 Å². The Hall–Kier alpha value is -1.73. The number of rotatable bonds is 0. The highest BCUT2D eigenvalue weighted by Gasteiger charge is 2.05. The van der Waals surface area contributed by atoms with Gasteiger partial charge in [0.1, 0.15) is 5.75 Å². The first-order valence-corrected chi connectivity index (χ1v) is 5.43. The van der Waals surface area contributed by atoms with E-state index in [1.54, 1.807) is 12.1 Å². The Balaban J connectivity index is 2.59. The van der Waals surface area contributed by atoms with Crippen LogP contribution in [0.4, 0.5) is 0 Å². The topological polar surface area (TPSA) is 20.2 Å². The normalized spacial score (nSPS) is 11.1. The van der Waals surface area contributed by atoms with E-state index < -0.39 is 0 Å². The lowest BCUT2D eigenvalue weighted by molar-refractivity contribution is 0.482. The lowest BCUT2D eigenvalue weighted by atomic mass is 10.0. The maximum absolute atomic E-state index is 9.94. The number of hydrogen-bond donors (Lipinski definition) is 1. The Morgan fingerprint density at radius 1 is 0.812 bits per heavy atom. The summed E-state index contributed by atoms with van der Waals surface area (Å²) in [6.07, 6.45) is 0. The molecule has 0 radical (unpaired) electrons. The van der Waals surface area contributed by atoms with Crippen LogP contribution in [0.15, 0.2) is 48.5 Å². The molecule has 0 saturated carbocycles. The molecule has 0 heterocycles. The van der Waals surface area contributed by atoms with Crippen molar-refractivity contribution in [2.75, 3.05) is 0 Å². The summed E-state index contributed by atoms with van der Waals surface area (Å²) >= 11 is 5.93. The average Bonchev–Trinajstić information content (AvgIpc) is 2.29. The molecular formula is C14H9ClO. The van der Waals surface area contributed by atoms with Crippen LogP contribution < -0.4 is 0 Å². The van der Waals surface area contributed by atoms with Crippen molar-refractivity contribution in [2.24, 2.45) is 0 Å². The van der Waals surface area contributed by atoms with Crippen molar-refractivity contribution in [1.82, 2.24) is 0 Å². The maximum Gasteiger partial charge on any atom is 0.124 e. The molecule has 0 aliphatic carbocycles. The molecule has 0 spiro atoms. The summed E-state index contributed by atoms with van der Waals surface area (Å²) in [5, 5.41) is 14.6. The minimum absolute atomic E-state index is 0.274. The molecule has 0 aliphatic rings. The van der Waals surface area contributed by atoms with Crippen LogP contribution in [0.25, 0.3) is 21.5 Å². The van der Waals surface area contributed by atoms with Crippen LogP contribution in [0.1, 0.15) is 0 Å². The van der Waals surface area contributed by atoms with Crippen LogP contribution in [0.5, 0.6) is 5.75 Å². The van der Waals surface area contributed by atoms with E-state index >= 15 is 0 Å². The van der Waals surface area contributed by atoms with Gasteiger partial charge in [0.25, 0.3) is 0 Å². The zero-order valence-electron chi connectivity index (χ0n) is 8.44. The van der Waals surface area contributed by atoms with Gasteiger partial charge in [-0.3, -0.25) is 0 Å². The third kappa shape index (κ3) is 1.33. The SMILES string of the molecule is Oc1cc2ccccc2c2ccc(Cl)cc12. The lowest BCUT2D eigenvalue weighted by Crippen LogP contribution is -1.79. The number of aromatic hydroxyl groups is 1. The summed E-state index contributed by atoms with van der Waals surface area (Å²) < 4.78 is 0. The first-order chi connectivity index (χ1) is 7.75. The zero-order chi connectivity index (χ0) is 11.1. The Labute approximate surface area is 97.9 Å². The zero-order valence-corrected chi connectivity index (χ0v) is 9.20. The molecule has 16 heavy (non-hydrogen) atoms. The summed E-state index contributed by atoms with van der Waals surface area (Å²) in [5.41, 5.74) is 0. The second-order valence-corrected chi connectivity index (χ2v) is 4.24. The Morgan fingerprint density at radius 2 is 1.62 bits per heavy atom. The highest BCUT2D eigenvalue weighted by atomic mass is 35.5. The summed E-state index contributed by atoms with van der Waals surface area (Å²) in [7, 11) is 0. The van der Waals surface area contributed by atoms with Gasteiger partial charge in [0, 0.05) is 10.4 Å². The summed E-state index contributed by atoms with van der Waals surface area (Å²) in [6, 6.07) is 15.3. The molecule has 78 valence electrons. The van der Waals surface area contributed by atoms with E-state index in [1.807, 2.05) is 36.4 Å². The number of hydrogen-bond acceptors (Lipinski definition) is 1. The van der Waals surface area contributed by atoms with Gasteiger partial charge in [-0.2, -0.15) is 0 Å². The third-order valence-corrected chi connectivity index (χ3v) is 3.04. The fourth-order valence-electron chi connectivity index (χ4n) is 2.06. The molecule has 0 fully saturated rings. The number of benzene rings is 3. The van der Waals surface area contributed by atoms with Crippen LogP contribution >= 0.6 is 11.6 Å². The average molecular weight is 229 g/mol. The lowest BCUT2D eigenvalue weighted by Gasteiger charge is -2.06. The van der Waals surface area contributed by atoms with Gasteiger partial charge in [0.15, 0.2) is 0 Å². The molecule has 2 heteroatoms. The predicted octanol–water partition coefficient (Wildman–Crippen LogP) is 4.35. The molecule has 0 saturated heterocycles. The number of phenols is 1. The smallest absolute Gasteiger partial charge is 0.124 e. The molecular weight excluding hydrogens is 220 g/mol.